The molecule has 2 rings (SSSR count). The van der Waals surface area contributed by atoms with Crippen LogP contribution in [-0.2, 0) is 0 Å². The fourth-order valence-electron chi connectivity index (χ4n) is 2.30. The third-order valence-electron chi connectivity index (χ3n) is 3.54. The van der Waals surface area contributed by atoms with Crippen LogP contribution in [0.4, 0.5) is 0 Å². The molecule has 1 N–H and O–H groups in total. The monoisotopic (exact) mass is 367 g/mol. The number of halogens is 1. The van der Waals surface area contributed by atoms with E-state index >= 15 is 0 Å². The predicted octanol–water partition coefficient (Wildman–Crippen LogP) is 5.08. The van der Waals surface area contributed by atoms with Crippen molar-refractivity contribution >= 4 is 28.8 Å². The molecule has 0 fully saturated rings. The Morgan fingerprint density at radius 3 is 2.75 bits per heavy atom. The van der Waals surface area contributed by atoms with Crippen LogP contribution in [0.3, 0.4) is 0 Å². The molecular weight excluding hydrogens is 346 g/mol. The van der Waals surface area contributed by atoms with Gasteiger partial charge in [-0.2, -0.15) is 0 Å². The van der Waals surface area contributed by atoms with Gasteiger partial charge in [0.1, 0.15) is 0 Å². The minimum atomic E-state index is -0.183. The highest BCUT2D eigenvalue weighted by atomic mass is 35.5. The van der Waals surface area contributed by atoms with Gasteiger partial charge < -0.3 is 14.8 Å². The molecule has 0 aliphatic rings. The van der Waals surface area contributed by atoms with Gasteiger partial charge in [-0.1, -0.05) is 31.5 Å². The van der Waals surface area contributed by atoms with Gasteiger partial charge in [-0.15, -0.1) is 11.3 Å². The van der Waals surface area contributed by atoms with Crippen LogP contribution in [0.25, 0.3) is 0 Å². The molecular formula is C18H22ClNO3S. The summed E-state index contributed by atoms with van der Waals surface area (Å²) in [5, 5.41) is 5.42. The van der Waals surface area contributed by atoms with Crippen LogP contribution in [-0.4, -0.2) is 19.6 Å². The number of thiophene rings is 1. The lowest BCUT2D eigenvalue weighted by molar-refractivity contribution is 0.0936. The molecule has 0 bridgehead atoms. The Morgan fingerprint density at radius 1 is 1.38 bits per heavy atom. The summed E-state index contributed by atoms with van der Waals surface area (Å²) in [6, 6.07) is 7.26. The Morgan fingerprint density at radius 2 is 2.17 bits per heavy atom. The zero-order chi connectivity index (χ0) is 17.5. The average molecular weight is 368 g/mol. The van der Waals surface area contributed by atoms with E-state index < -0.39 is 0 Å². The Labute approximate surface area is 151 Å². The highest BCUT2D eigenvalue weighted by Crippen LogP contribution is 2.36. The minimum absolute atomic E-state index is 0.0155. The highest BCUT2D eigenvalue weighted by Gasteiger charge is 2.19. The van der Waals surface area contributed by atoms with Crippen LogP contribution in [0.1, 0.15) is 48.0 Å². The molecule has 0 aliphatic heterocycles. The van der Waals surface area contributed by atoms with Gasteiger partial charge in [0.2, 0.25) is 0 Å². The molecule has 0 spiro atoms. The topological polar surface area (TPSA) is 47.6 Å². The summed E-state index contributed by atoms with van der Waals surface area (Å²) in [5.41, 5.74) is 0.454. The molecule has 0 saturated carbocycles. The van der Waals surface area contributed by atoms with Crippen LogP contribution in [0, 0.1) is 0 Å². The van der Waals surface area contributed by atoms with E-state index in [1.165, 1.54) is 7.11 Å². The van der Waals surface area contributed by atoms with Crippen molar-refractivity contribution in [2.75, 3.05) is 13.7 Å². The summed E-state index contributed by atoms with van der Waals surface area (Å²) in [4.78, 5) is 13.7. The summed E-state index contributed by atoms with van der Waals surface area (Å²) < 4.78 is 10.9. The lowest BCUT2D eigenvalue weighted by atomic mass is 10.1. The predicted molar refractivity (Wildman–Crippen MR) is 98.6 cm³/mol. The Balaban J connectivity index is 2.21. The largest absolute Gasteiger partial charge is 0.493 e. The molecule has 24 heavy (non-hydrogen) atoms. The number of nitrogens with one attached hydrogen (secondary N) is 1. The quantitative estimate of drug-likeness (QED) is 0.707. The number of methoxy groups -OCH3 is 1. The van der Waals surface area contributed by atoms with E-state index in [2.05, 4.69) is 5.32 Å². The van der Waals surface area contributed by atoms with Crippen LogP contribution < -0.4 is 14.8 Å². The minimum Gasteiger partial charge on any atom is -0.493 e. The van der Waals surface area contributed by atoms with E-state index in [1.54, 1.807) is 23.5 Å². The van der Waals surface area contributed by atoms with Gasteiger partial charge in [0.05, 0.1) is 24.8 Å². The second-order valence-electron chi connectivity index (χ2n) is 5.29. The molecule has 1 amide bonds. The molecule has 1 aromatic heterocycles. The SMILES string of the molecule is CCCOc1c(Cl)cc(C(=O)NC(CC)c2cccs2)cc1OC. The Kier molecular flexibility index (Phi) is 6.94. The first-order chi connectivity index (χ1) is 11.6. The first kappa shape index (κ1) is 18.6. The van der Waals surface area contributed by atoms with Crippen molar-refractivity contribution in [3.63, 3.8) is 0 Å². The van der Waals surface area contributed by atoms with Gasteiger partial charge in [-0.3, -0.25) is 4.79 Å². The standard InChI is InChI=1S/C18H22ClNO3S/c1-4-8-23-17-13(19)10-12(11-15(17)22-3)18(21)20-14(5-2)16-7-6-9-24-16/h6-7,9-11,14H,4-5,8H2,1-3H3,(H,20,21). The summed E-state index contributed by atoms with van der Waals surface area (Å²) in [6.45, 7) is 4.59. The number of carbonyl (C=O) groups is 1. The number of hydrogen-bond donors (Lipinski definition) is 1. The van der Waals surface area contributed by atoms with Crippen molar-refractivity contribution in [3.8, 4) is 11.5 Å². The molecule has 1 aromatic carbocycles. The number of hydrogen-bond acceptors (Lipinski definition) is 4. The van der Waals surface area contributed by atoms with Crippen LogP contribution >= 0.6 is 22.9 Å². The smallest absolute Gasteiger partial charge is 0.251 e. The maximum absolute atomic E-state index is 12.6. The molecule has 4 nitrogen and oxygen atoms in total. The third-order valence-corrected chi connectivity index (χ3v) is 4.81. The molecule has 0 aliphatic carbocycles. The lowest BCUT2D eigenvalue weighted by Gasteiger charge is -2.17. The second-order valence-corrected chi connectivity index (χ2v) is 6.67. The Hall–Kier alpha value is -1.72. The first-order valence-electron chi connectivity index (χ1n) is 7.95. The number of ether oxygens (including phenoxy) is 2. The van der Waals surface area contributed by atoms with Gasteiger partial charge in [0, 0.05) is 10.4 Å². The maximum atomic E-state index is 12.6. The van der Waals surface area contributed by atoms with E-state index in [0.717, 1.165) is 17.7 Å². The zero-order valence-corrected chi connectivity index (χ0v) is 15.7. The van der Waals surface area contributed by atoms with Crippen molar-refractivity contribution in [2.45, 2.75) is 32.7 Å². The van der Waals surface area contributed by atoms with Gasteiger partial charge in [-0.25, -0.2) is 0 Å². The molecule has 1 unspecified atom stereocenters. The molecule has 0 radical (unpaired) electrons. The second kappa shape index (κ2) is 8.94. The maximum Gasteiger partial charge on any atom is 0.251 e. The fraction of sp³-hybridized carbons (Fsp3) is 0.389. The number of rotatable bonds is 8. The van der Waals surface area contributed by atoms with Crippen LogP contribution in [0.2, 0.25) is 5.02 Å². The van der Waals surface area contributed by atoms with E-state index in [1.807, 2.05) is 31.4 Å². The molecule has 2 aromatic rings. The van der Waals surface area contributed by atoms with Crippen LogP contribution in [0.5, 0.6) is 11.5 Å². The molecule has 0 saturated heterocycles. The summed E-state index contributed by atoms with van der Waals surface area (Å²) in [5.74, 6) is 0.755. The molecule has 1 atom stereocenters. The van der Waals surface area contributed by atoms with Gasteiger partial charge in [0.15, 0.2) is 11.5 Å². The van der Waals surface area contributed by atoms with Crippen LogP contribution in [0.15, 0.2) is 29.6 Å². The van der Waals surface area contributed by atoms with Gasteiger partial charge in [-0.05, 0) is 36.4 Å². The summed E-state index contributed by atoms with van der Waals surface area (Å²) in [6.07, 6.45) is 1.68. The molecule has 1 heterocycles. The van der Waals surface area contributed by atoms with Crippen molar-refractivity contribution in [2.24, 2.45) is 0 Å². The van der Waals surface area contributed by atoms with Gasteiger partial charge >= 0.3 is 0 Å². The fourth-order valence-corrected chi connectivity index (χ4v) is 3.43. The van der Waals surface area contributed by atoms with Gasteiger partial charge in [0.25, 0.3) is 5.91 Å². The molecule has 6 heteroatoms. The summed E-state index contributed by atoms with van der Waals surface area (Å²) in [7, 11) is 1.53. The summed E-state index contributed by atoms with van der Waals surface area (Å²) >= 11 is 7.91. The average Bonchev–Trinajstić information content (AvgIpc) is 3.12. The van der Waals surface area contributed by atoms with E-state index in [-0.39, 0.29) is 11.9 Å². The normalized spacial score (nSPS) is 11.8. The van der Waals surface area contributed by atoms with E-state index in [0.29, 0.717) is 28.7 Å². The Bertz CT molecular complexity index is 673. The van der Waals surface area contributed by atoms with E-state index in [9.17, 15) is 4.79 Å². The number of benzene rings is 1. The van der Waals surface area contributed by atoms with Crippen molar-refractivity contribution < 1.29 is 14.3 Å². The van der Waals surface area contributed by atoms with Crippen molar-refractivity contribution in [1.82, 2.24) is 5.32 Å². The number of carbonyl (C=O) groups excluding carboxylic acids is 1. The number of amides is 1. The van der Waals surface area contributed by atoms with E-state index in [4.69, 9.17) is 21.1 Å². The molecule has 130 valence electrons. The van der Waals surface area contributed by atoms with Crippen molar-refractivity contribution in [3.05, 3.63) is 45.1 Å². The highest BCUT2D eigenvalue weighted by molar-refractivity contribution is 7.10. The third kappa shape index (κ3) is 4.42. The zero-order valence-electron chi connectivity index (χ0n) is 14.1. The van der Waals surface area contributed by atoms with Crippen molar-refractivity contribution in [1.29, 1.82) is 0 Å². The lowest BCUT2D eigenvalue weighted by Crippen LogP contribution is -2.27. The first-order valence-corrected chi connectivity index (χ1v) is 9.21.